The third kappa shape index (κ3) is 4.61. The van der Waals surface area contributed by atoms with Crippen LogP contribution in [0.25, 0.3) is 0 Å². The highest BCUT2D eigenvalue weighted by Gasteiger charge is 2.17. The fourth-order valence-electron chi connectivity index (χ4n) is 3.33. The van der Waals surface area contributed by atoms with Crippen LogP contribution in [0.4, 0.5) is 11.4 Å². The molecule has 0 atom stereocenters. The van der Waals surface area contributed by atoms with Crippen molar-refractivity contribution in [3.63, 3.8) is 0 Å². The van der Waals surface area contributed by atoms with Crippen molar-refractivity contribution in [1.29, 1.82) is 0 Å². The maximum atomic E-state index is 5.14. The second-order valence-electron chi connectivity index (χ2n) is 7.00. The zero-order valence-corrected chi connectivity index (χ0v) is 16.6. The Balaban J connectivity index is 1.87. The van der Waals surface area contributed by atoms with E-state index in [2.05, 4.69) is 109 Å². The quantitative estimate of drug-likeness (QED) is 0.277. The lowest BCUT2D eigenvalue weighted by atomic mass is 10.1. The third-order valence-electron chi connectivity index (χ3n) is 4.88. The van der Waals surface area contributed by atoms with Gasteiger partial charge in [-0.2, -0.15) is 0 Å². The summed E-state index contributed by atoms with van der Waals surface area (Å²) < 4.78 is 0. The molecule has 0 saturated carbocycles. The van der Waals surface area contributed by atoms with E-state index >= 15 is 0 Å². The number of para-hydroxylation sites is 2. The van der Waals surface area contributed by atoms with Crippen LogP contribution in [-0.4, -0.2) is 5.84 Å². The van der Waals surface area contributed by atoms with Gasteiger partial charge in [0, 0.05) is 17.8 Å². The predicted molar refractivity (Wildman–Crippen MR) is 123 cm³/mol. The summed E-state index contributed by atoms with van der Waals surface area (Å²) >= 11 is 0. The molecular weight excluding hydrogens is 352 g/mol. The van der Waals surface area contributed by atoms with Crippen LogP contribution >= 0.6 is 0 Å². The van der Waals surface area contributed by atoms with Crippen molar-refractivity contribution in [3.05, 3.63) is 132 Å². The maximum absolute atomic E-state index is 5.14. The highest BCUT2D eigenvalue weighted by molar-refractivity contribution is 6.11. The summed E-state index contributed by atoms with van der Waals surface area (Å²) in [4.78, 5) is 7.43. The second-order valence-corrected chi connectivity index (χ2v) is 7.00. The number of hydrogen-bond acceptors (Lipinski definition) is 1. The van der Waals surface area contributed by atoms with Crippen molar-refractivity contribution in [1.82, 2.24) is 0 Å². The van der Waals surface area contributed by atoms with Gasteiger partial charge >= 0.3 is 0 Å². The summed E-state index contributed by atoms with van der Waals surface area (Å²) in [5.74, 6) is 0.940. The van der Waals surface area contributed by atoms with E-state index in [9.17, 15) is 0 Å². The van der Waals surface area contributed by atoms with Gasteiger partial charge in [-0.15, -0.1) is 0 Å². The van der Waals surface area contributed by atoms with E-state index in [0.717, 1.165) is 34.9 Å². The van der Waals surface area contributed by atoms with Crippen LogP contribution in [-0.2, 0) is 6.54 Å². The van der Waals surface area contributed by atoms with Gasteiger partial charge in [-0.05, 0) is 36.2 Å². The molecule has 0 unspecified atom stereocenters. The molecule has 2 heteroatoms. The molecule has 0 spiro atoms. The zero-order chi connectivity index (χ0) is 19.9. The molecule has 0 fully saturated rings. The van der Waals surface area contributed by atoms with Crippen LogP contribution < -0.4 is 4.90 Å². The van der Waals surface area contributed by atoms with Crippen LogP contribution in [0.5, 0.6) is 0 Å². The molecule has 4 aromatic carbocycles. The number of aryl methyl sites for hydroxylation is 1. The molecular formula is C27H24N2. The minimum Gasteiger partial charge on any atom is -0.321 e. The van der Waals surface area contributed by atoms with Gasteiger partial charge in [0.05, 0.1) is 5.69 Å². The molecule has 0 heterocycles. The van der Waals surface area contributed by atoms with Crippen LogP contribution in [0, 0.1) is 6.92 Å². The van der Waals surface area contributed by atoms with Crippen LogP contribution in [0.1, 0.15) is 16.7 Å². The van der Waals surface area contributed by atoms with Crippen LogP contribution in [0.15, 0.2) is 120 Å². The highest BCUT2D eigenvalue weighted by Crippen LogP contribution is 2.25. The minimum atomic E-state index is 0.741. The van der Waals surface area contributed by atoms with Crippen LogP contribution in [0.3, 0.4) is 0 Å². The smallest absolute Gasteiger partial charge is 0.141 e. The normalized spacial score (nSPS) is 11.3. The lowest BCUT2D eigenvalue weighted by Crippen LogP contribution is -2.31. The molecule has 0 aliphatic heterocycles. The standard InChI is InChI=1S/C27H24N2/c1-22-13-11-12-20-26(22)28-27(24-16-7-3-8-17-24)29(25-18-9-4-10-19-25)21-23-14-5-2-6-15-23/h2-20H,21H2,1H3. The van der Waals surface area contributed by atoms with Gasteiger partial charge < -0.3 is 4.90 Å². The zero-order valence-electron chi connectivity index (χ0n) is 16.6. The lowest BCUT2D eigenvalue weighted by Gasteiger charge is -2.27. The SMILES string of the molecule is Cc1ccccc1N=C(c1ccccc1)N(Cc1ccccc1)c1ccccc1. The number of aliphatic imine (C=N–C) groups is 1. The summed E-state index contributed by atoms with van der Waals surface area (Å²) in [5.41, 5.74) is 5.60. The Hall–Kier alpha value is -3.65. The molecule has 29 heavy (non-hydrogen) atoms. The lowest BCUT2D eigenvalue weighted by molar-refractivity contribution is 1.00. The molecule has 0 radical (unpaired) electrons. The topological polar surface area (TPSA) is 15.6 Å². The number of rotatable bonds is 5. The summed E-state index contributed by atoms with van der Waals surface area (Å²) in [5, 5.41) is 0. The first-order valence-electron chi connectivity index (χ1n) is 9.87. The van der Waals surface area contributed by atoms with Gasteiger partial charge in [-0.3, -0.25) is 0 Å². The summed E-state index contributed by atoms with van der Waals surface area (Å²) in [7, 11) is 0. The van der Waals surface area contributed by atoms with E-state index in [1.807, 2.05) is 18.2 Å². The molecule has 0 saturated heterocycles. The Kier molecular flexibility index (Phi) is 5.82. The summed E-state index contributed by atoms with van der Waals surface area (Å²) in [6.45, 7) is 2.84. The van der Waals surface area contributed by atoms with Crippen molar-refractivity contribution in [2.75, 3.05) is 4.90 Å². The first kappa shape index (κ1) is 18.7. The minimum absolute atomic E-state index is 0.741. The number of anilines is 1. The number of amidine groups is 1. The highest BCUT2D eigenvalue weighted by atomic mass is 15.2. The molecule has 0 aliphatic carbocycles. The average molecular weight is 377 g/mol. The molecule has 142 valence electrons. The first-order chi connectivity index (χ1) is 14.3. The molecule has 0 amide bonds. The van der Waals surface area contributed by atoms with E-state index < -0.39 is 0 Å². The van der Waals surface area contributed by atoms with Crippen molar-refractivity contribution in [2.24, 2.45) is 4.99 Å². The Labute approximate surface area is 172 Å². The molecule has 4 rings (SSSR count). The van der Waals surface area contributed by atoms with Gasteiger partial charge in [-0.1, -0.05) is 97.1 Å². The molecule has 0 aromatic heterocycles. The van der Waals surface area contributed by atoms with Gasteiger partial charge in [0.15, 0.2) is 0 Å². The van der Waals surface area contributed by atoms with E-state index in [1.54, 1.807) is 0 Å². The molecule has 4 aromatic rings. The van der Waals surface area contributed by atoms with Gasteiger partial charge in [-0.25, -0.2) is 4.99 Å². The van der Waals surface area contributed by atoms with Gasteiger partial charge in [0.1, 0.15) is 5.84 Å². The van der Waals surface area contributed by atoms with E-state index in [0.29, 0.717) is 0 Å². The molecule has 0 N–H and O–H groups in total. The largest absolute Gasteiger partial charge is 0.321 e. The number of nitrogens with zero attached hydrogens (tertiary/aromatic N) is 2. The first-order valence-corrected chi connectivity index (χ1v) is 9.87. The van der Waals surface area contributed by atoms with Gasteiger partial charge in [0.2, 0.25) is 0 Å². The van der Waals surface area contributed by atoms with Crippen molar-refractivity contribution in [2.45, 2.75) is 13.5 Å². The van der Waals surface area contributed by atoms with Crippen molar-refractivity contribution < 1.29 is 0 Å². The monoisotopic (exact) mass is 376 g/mol. The van der Waals surface area contributed by atoms with Crippen LogP contribution in [0.2, 0.25) is 0 Å². The van der Waals surface area contributed by atoms with Crippen molar-refractivity contribution in [3.8, 4) is 0 Å². The number of hydrogen-bond donors (Lipinski definition) is 0. The molecule has 2 nitrogen and oxygen atoms in total. The molecule has 0 bridgehead atoms. The van der Waals surface area contributed by atoms with E-state index in [-0.39, 0.29) is 0 Å². The van der Waals surface area contributed by atoms with E-state index in [4.69, 9.17) is 4.99 Å². The Bertz CT molecular complexity index is 1070. The number of benzene rings is 4. The Morgan fingerprint density at radius 2 is 1.21 bits per heavy atom. The second kappa shape index (κ2) is 9.03. The van der Waals surface area contributed by atoms with E-state index in [1.165, 1.54) is 5.56 Å². The Morgan fingerprint density at radius 1 is 0.655 bits per heavy atom. The fourth-order valence-corrected chi connectivity index (χ4v) is 3.33. The molecule has 0 aliphatic rings. The third-order valence-corrected chi connectivity index (χ3v) is 4.88. The average Bonchev–Trinajstić information content (AvgIpc) is 2.79. The fraction of sp³-hybridized carbons (Fsp3) is 0.0741. The maximum Gasteiger partial charge on any atom is 0.141 e. The van der Waals surface area contributed by atoms with Crippen molar-refractivity contribution >= 4 is 17.2 Å². The summed E-state index contributed by atoms with van der Waals surface area (Å²) in [6.07, 6.45) is 0. The van der Waals surface area contributed by atoms with Gasteiger partial charge in [0.25, 0.3) is 0 Å². The summed E-state index contributed by atoms with van der Waals surface area (Å²) in [6, 6.07) is 39.7. The predicted octanol–water partition coefficient (Wildman–Crippen LogP) is 6.78. The Morgan fingerprint density at radius 3 is 1.86 bits per heavy atom.